The number of hydrogen-bond acceptors (Lipinski definition) is 3. The van der Waals surface area contributed by atoms with Crippen LogP contribution < -0.4 is 0 Å². The van der Waals surface area contributed by atoms with Gasteiger partial charge in [-0.05, 0) is 12.8 Å². The van der Waals surface area contributed by atoms with Crippen molar-refractivity contribution in [2.75, 3.05) is 7.11 Å². The normalized spacial score (nSPS) is 17.7. The molecule has 2 unspecified atom stereocenters. The molecule has 0 aromatic heterocycles. The Morgan fingerprint density at radius 2 is 2.08 bits per heavy atom. The van der Waals surface area contributed by atoms with E-state index in [1.807, 2.05) is 13.8 Å². The Kier molecular flexibility index (Phi) is 4.14. The second-order valence-electron chi connectivity index (χ2n) is 3.67. The molecule has 0 radical (unpaired) electrons. The van der Waals surface area contributed by atoms with Crippen LogP contribution in [0.25, 0.3) is 0 Å². The van der Waals surface area contributed by atoms with Crippen LogP contribution >= 0.6 is 0 Å². The van der Waals surface area contributed by atoms with Crippen molar-refractivity contribution in [1.82, 2.24) is 0 Å². The minimum atomic E-state index is -1.21. The summed E-state index contributed by atoms with van der Waals surface area (Å²) in [5.74, 6) is -0.949. The highest BCUT2D eigenvalue weighted by molar-refractivity contribution is 5.74. The van der Waals surface area contributed by atoms with Gasteiger partial charge in [0, 0.05) is 0 Å². The van der Waals surface area contributed by atoms with Gasteiger partial charge >= 0.3 is 5.97 Å². The van der Waals surface area contributed by atoms with Crippen LogP contribution in [0.15, 0.2) is 12.7 Å². The molecule has 0 aromatic carbocycles. The first-order valence-corrected chi connectivity index (χ1v) is 4.30. The van der Waals surface area contributed by atoms with E-state index in [1.54, 1.807) is 6.92 Å². The Balaban J connectivity index is 4.80. The second kappa shape index (κ2) is 4.42. The molecule has 1 N–H and O–H groups in total. The van der Waals surface area contributed by atoms with Crippen molar-refractivity contribution >= 4 is 5.97 Å². The van der Waals surface area contributed by atoms with Gasteiger partial charge in [0.05, 0.1) is 18.6 Å². The van der Waals surface area contributed by atoms with E-state index in [0.717, 1.165) is 0 Å². The van der Waals surface area contributed by atoms with E-state index in [4.69, 9.17) is 0 Å². The number of carbonyl (C=O) groups excluding carboxylic acids is 1. The van der Waals surface area contributed by atoms with Crippen LogP contribution in [0, 0.1) is 11.8 Å². The molecule has 0 aliphatic rings. The maximum absolute atomic E-state index is 11.3. The van der Waals surface area contributed by atoms with Crippen molar-refractivity contribution < 1.29 is 14.6 Å². The molecule has 0 amide bonds. The van der Waals surface area contributed by atoms with Crippen molar-refractivity contribution in [2.24, 2.45) is 11.8 Å². The van der Waals surface area contributed by atoms with Crippen LogP contribution in [0.4, 0.5) is 0 Å². The summed E-state index contributed by atoms with van der Waals surface area (Å²) in [5.41, 5.74) is -1.21. The summed E-state index contributed by atoms with van der Waals surface area (Å²) in [7, 11) is 1.32. The Morgan fingerprint density at radius 1 is 1.62 bits per heavy atom. The van der Waals surface area contributed by atoms with Crippen LogP contribution in [-0.2, 0) is 9.53 Å². The molecular weight excluding hydrogens is 168 g/mol. The van der Waals surface area contributed by atoms with Gasteiger partial charge < -0.3 is 9.84 Å². The predicted molar refractivity (Wildman–Crippen MR) is 51.2 cm³/mol. The third kappa shape index (κ3) is 2.84. The van der Waals surface area contributed by atoms with E-state index in [9.17, 15) is 9.90 Å². The second-order valence-corrected chi connectivity index (χ2v) is 3.67. The Morgan fingerprint density at radius 3 is 2.31 bits per heavy atom. The molecule has 2 atom stereocenters. The van der Waals surface area contributed by atoms with Gasteiger partial charge in [0.15, 0.2) is 0 Å². The topological polar surface area (TPSA) is 46.5 Å². The van der Waals surface area contributed by atoms with Crippen LogP contribution in [0.1, 0.15) is 20.8 Å². The van der Waals surface area contributed by atoms with E-state index in [-0.39, 0.29) is 5.92 Å². The smallest absolute Gasteiger partial charge is 0.312 e. The average molecular weight is 186 g/mol. The zero-order valence-corrected chi connectivity index (χ0v) is 8.70. The van der Waals surface area contributed by atoms with E-state index >= 15 is 0 Å². The summed E-state index contributed by atoms with van der Waals surface area (Å²) in [4.78, 5) is 11.3. The molecule has 76 valence electrons. The van der Waals surface area contributed by atoms with Crippen LogP contribution in [0.3, 0.4) is 0 Å². The molecule has 0 saturated carbocycles. The van der Waals surface area contributed by atoms with Crippen molar-refractivity contribution in [1.29, 1.82) is 0 Å². The molecule has 3 nitrogen and oxygen atoms in total. The van der Waals surface area contributed by atoms with Gasteiger partial charge in [-0.2, -0.15) is 0 Å². The van der Waals surface area contributed by atoms with Gasteiger partial charge in [0.25, 0.3) is 0 Å². The Bertz CT molecular complexity index is 194. The van der Waals surface area contributed by atoms with Crippen molar-refractivity contribution in [3.63, 3.8) is 0 Å². The fourth-order valence-electron chi connectivity index (χ4n) is 1.44. The first kappa shape index (κ1) is 12.2. The summed E-state index contributed by atoms with van der Waals surface area (Å²) in [5, 5.41) is 9.84. The number of methoxy groups -OCH3 is 1. The van der Waals surface area contributed by atoms with Crippen molar-refractivity contribution in [3.8, 4) is 0 Å². The molecule has 3 heteroatoms. The number of aliphatic hydroxyl groups is 1. The number of carbonyl (C=O) groups is 1. The van der Waals surface area contributed by atoms with Gasteiger partial charge in [-0.1, -0.05) is 19.9 Å². The quantitative estimate of drug-likeness (QED) is 0.533. The molecule has 0 spiro atoms. The van der Waals surface area contributed by atoms with Crippen LogP contribution in [-0.4, -0.2) is 23.8 Å². The summed E-state index contributed by atoms with van der Waals surface area (Å²) in [6, 6.07) is 0. The monoisotopic (exact) mass is 186 g/mol. The number of ether oxygens (including phenoxy) is 1. The third-order valence-corrected chi connectivity index (χ3v) is 2.16. The van der Waals surface area contributed by atoms with E-state index in [1.165, 1.54) is 13.2 Å². The van der Waals surface area contributed by atoms with Crippen LogP contribution in [0.2, 0.25) is 0 Å². The fraction of sp³-hybridized carbons (Fsp3) is 0.700. The molecule has 0 bridgehead atoms. The predicted octanol–water partition coefficient (Wildman–Crippen LogP) is 1.37. The average Bonchev–Trinajstić information content (AvgIpc) is 2.03. The maximum Gasteiger partial charge on any atom is 0.312 e. The molecule has 0 heterocycles. The largest absolute Gasteiger partial charge is 0.469 e. The number of hydrogen-bond donors (Lipinski definition) is 1. The minimum absolute atomic E-state index is 0.0143. The standard InChI is InChI=1S/C10H18O3/c1-6-10(4,12)8(7(2)3)9(11)13-5/h6-8,12H,1H2,2-5H3. The van der Waals surface area contributed by atoms with Crippen molar-refractivity contribution in [2.45, 2.75) is 26.4 Å². The summed E-state index contributed by atoms with van der Waals surface area (Å²) < 4.78 is 4.62. The molecule has 13 heavy (non-hydrogen) atoms. The lowest BCUT2D eigenvalue weighted by Crippen LogP contribution is -2.41. The first-order valence-electron chi connectivity index (χ1n) is 4.30. The van der Waals surface area contributed by atoms with Gasteiger partial charge in [-0.3, -0.25) is 4.79 Å². The van der Waals surface area contributed by atoms with E-state index in [0.29, 0.717) is 0 Å². The summed E-state index contributed by atoms with van der Waals surface area (Å²) in [6.45, 7) is 8.77. The van der Waals surface area contributed by atoms with Gasteiger partial charge in [-0.15, -0.1) is 6.58 Å². The third-order valence-electron chi connectivity index (χ3n) is 2.16. The van der Waals surface area contributed by atoms with E-state index in [2.05, 4.69) is 11.3 Å². The summed E-state index contributed by atoms with van der Waals surface area (Å²) >= 11 is 0. The first-order chi connectivity index (χ1) is 5.86. The van der Waals surface area contributed by atoms with Gasteiger partial charge in [0.1, 0.15) is 0 Å². The fourth-order valence-corrected chi connectivity index (χ4v) is 1.44. The maximum atomic E-state index is 11.3. The highest BCUT2D eigenvalue weighted by Crippen LogP contribution is 2.26. The molecule has 0 saturated heterocycles. The number of rotatable bonds is 4. The number of esters is 1. The lowest BCUT2D eigenvalue weighted by Gasteiger charge is -2.30. The SMILES string of the molecule is C=CC(C)(O)C(C(=O)OC)C(C)C. The van der Waals surface area contributed by atoms with Crippen LogP contribution in [0.5, 0.6) is 0 Å². The molecule has 0 fully saturated rings. The zero-order valence-electron chi connectivity index (χ0n) is 8.70. The van der Waals surface area contributed by atoms with Gasteiger partial charge in [-0.25, -0.2) is 0 Å². The highest BCUT2D eigenvalue weighted by Gasteiger charge is 2.38. The lowest BCUT2D eigenvalue weighted by molar-refractivity contribution is -0.154. The van der Waals surface area contributed by atoms with Crippen molar-refractivity contribution in [3.05, 3.63) is 12.7 Å². The Hall–Kier alpha value is -0.830. The highest BCUT2D eigenvalue weighted by atomic mass is 16.5. The molecule has 0 aromatic rings. The molecule has 0 rings (SSSR count). The zero-order chi connectivity index (χ0) is 10.6. The summed E-state index contributed by atoms with van der Waals surface area (Å²) in [6.07, 6.45) is 1.37. The molecule has 0 aliphatic carbocycles. The molecule has 0 aliphatic heterocycles. The molecular formula is C10H18O3. The Labute approximate surface area is 79.4 Å². The van der Waals surface area contributed by atoms with E-state index < -0.39 is 17.5 Å². The lowest BCUT2D eigenvalue weighted by atomic mass is 9.81. The minimum Gasteiger partial charge on any atom is -0.469 e. The van der Waals surface area contributed by atoms with Gasteiger partial charge in [0.2, 0.25) is 0 Å².